The van der Waals surface area contributed by atoms with Crippen molar-refractivity contribution in [3.8, 4) is 0 Å². The average molecular weight is 299 g/mol. The van der Waals surface area contributed by atoms with Crippen molar-refractivity contribution < 1.29 is 17.9 Å². The lowest BCUT2D eigenvalue weighted by atomic mass is 9.97. The van der Waals surface area contributed by atoms with Gasteiger partial charge >= 0.3 is 0 Å². The van der Waals surface area contributed by atoms with Gasteiger partial charge in [0.05, 0.1) is 0 Å². The molecule has 1 saturated carbocycles. The van der Waals surface area contributed by atoms with Crippen molar-refractivity contribution in [2.24, 2.45) is 5.92 Å². The average Bonchev–Trinajstić information content (AvgIpc) is 3.17. The van der Waals surface area contributed by atoms with E-state index in [1.807, 2.05) is 0 Å². The molecular weight excluding hydrogens is 278 g/mol. The summed E-state index contributed by atoms with van der Waals surface area (Å²) in [6.07, 6.45) is 6.58. The minimum atomic E-state index is -3.56. The van der Waals surface area contributed by atoms with E-state index < -0.39 is 10.0 Å². The summed E-state index contributed by atoms with van der Waals surface area (Å²) in [6.45, 7) is 0.306. The Morgan fingerprint density at radius 2 is 1.95 bits per heavy atom. The van der Waals surface area contributed by atoms with Gasteiger partial charge in [0, 0.05) is 12.6 Å². The number of rotatable bonds is 4. The molecule has 0 bridgehead atoms. The first-order chi connectivity index (χ1) is 9.63. The van der Waals surface area contributed by atoms with Crippen LogP contribution in [-0.4, -0.2) is 30.4 Å². The molecule has 1 aliphatic carbocycles. The highest BCUT2D eigenvalue weighted by Crippen LogP contribution is 2.38. The fourth-order valence-electron chi connectivity index (χ4n) is 3.57. The van der Waals surface area contributed by atoms with Gasteiger partial charge in [-0.3, -0.25) is 0 Å². The molecule has 1 atom stereocenters. The van der Waals surface area contributed by atoms with Crippen molar-refractivity contribution >= 4 is 10.0 Å². The minimum absolute atomic E-state index is 0.0357. The number of aliphatic hydroxyl groups is 1. The van der Waals surface area contributed by atoms with E-state index in [0.29, 0.717) is 18.2 Å². The van der Waals surface area contributed by atoms with Crippen LogP contribution in [0.25, 0.3) is 0 Å². The van der Waals surface area contributed by atoms with Crippen LogP contribution in [-0.2, 0) is 16.6 Å². The summed E-state index contributed by atoms with van der Waals surface area (Å²) in [6, 6.07) is 3.10. The van der Waals surface area contributed by atoms with Crippen LogP contribution >= 0.6 is 0 Å². The zero-order chi connectivity index (χ0) is 14.2. The molecule has 5 nitrogen and oxygen atoms in total. The summed E-state index contributed by atoms with van der Waals surface area (Å²) in [5, 5.41) is 8.97. The molecule has 0 radical (unpaired) electrons. The van der Waals surface area contributed by atoms with E-state index in [1.54, 1.807) is 4.31 Å². The van der Waals surface area contributed by atoms with Crippen LogP contribution < -0.4 is 0 Å². The summed E-state index contributed by atoms with van der Waals surface area (Å²) < 4.78 is 32.2. The first-order valence-corrected chi connectivity index (χ1v) is 8.78. The smallest absolute Gasteiger partial charge is 0.276 e. The standard InChI is InChI=1S/C14H21NO4S/c16-10-12-7-8-14(19-12)20(17,18)15-9-3-6-13(15)11-4-1-2-5-11/h7-8,11,13,16H,1-6,9-10H2. The summed E-state index contributed by atoms with van der Waals surface area (Å²) >= 11 is 0. The van der Waals surface area contributed by atoms with Gasteiger partial charge in [-0.15, -0.1) is 0 Å². The van der Waals surface area contributed by atoms with E-state index in [9.17, 15) is 8.42 Å². The second-order valence-electron chi connectivity index (χ2n) is 5.75. The Kier molecular flexibility index (Phi) is 3.88. The van der Waals surface area contributed by atoms with Gasteiger partial charge in [0.15, 0.2) is 0 Å². The van der Waals surface area contributed by atoms with Crippen LogP contribution in [0.2, 0.25) is 0 Å². The molecule has 1 aliphatic heterocycles. The van der Waals surface area contributed by atoms with Gasteiger partial charge in [0.2, 0.25) is 5.09 Å². The highest BCUT2D eigenvalue weighted by Gasteiger charge is 2.41. The normalized spacial score (nSPS) is 25.6. The van der Waals surface area contributed by atoms with Crippen LogP contribution in [0, 0.1) is 5.92 Å². The summed E-state index contributed by atoms with van der Waals surface area (Å²) in [7, 11) is -3.56. The lowest BCUT2D eigenvalue weighted by Gasteiger charge is -2.27. The lowest BCUT2D eigenvalue weighted by molar-refractivity contribution is 0.232. The Balaban J connectivity index is 1.85. The van der Waals surface area contributed by atoms with E-state index in [0.717, 1.165) is 25.7 Å². The topological polar surface area (TPSA) is 70.8 Å². The predicted octanol–water partition coefficient (Wildman–Crippen LogP) is 2.12. The number of nitrogens with zero attached hydrogens (tertiary/aromatic N) is 1. The molecule has 0 amide bonds. The number of aliphatic hydroxyl groups excluding tert-OH is 1. The number of hydrogen-bond donors (Lipinski definition) is 1. The van der Waals surface area contributed by atoms with Crippen LogP contribution in [0.15, 0.2) is 21.6 Å². The first kappa shape index (κ1) is 14.1. The van der Waals surface area contributed by atoms with Crippen molar-refractivity contribution in [3.05, 3.63) is 17.9 Å². The van der Waals surface area contributed by atoms with Gasteiger partial charge in [-0.05, 0) is 43.7 Å². The van der Waals surface area contributed by atoms with Gasteiger partial charge in [0.25, 0.3) is 10.0 Å². The molecular formula is C14H21NO4S. The fourth-order valence-corrected chi connectivity index (χ4v) is 5.26. The van der Waals surface area contributed by atoms with Crippen LogP contribution in [0.4, 0.5) is 0 Å². The maximum Gasteiger partial charge on any atom is 0.276 e. The molecule has 3 rings (SSSR count). The molecule has 1 aromatic heterocycles. The molecule has 1 unspecified atom stereocenters. The van der Waals surface area contributed by atoms with E-state index in [4.69, 9.17) is 9.52 Å². The van der Waals surface area contributed by atoms with Crippen LogP contribution in [0.1, 0.15) is 44.3 Å². The third-order valence-electron chi connectivity index (χ3n) is 4.55. The molecule has 0 aromatic carbocycles. The number of sulfonamides is 1. The molecule has 20 heavy (non-hydrogen) atoms. The Labute approximate surface area is 119 Å². The summed E-state index contributed by atoms with van der Waals surface area (Å²) in [5.74, 6) is 0.791. The molecule has 2 heterocycles. The maximum atomic E-state index is 12.7. The van der Waals surface area contributed by atoms with E-state index in [1.165, 1.54) is 25.0 Å². The monoisotopic (exact) mass is 299 g/mol. The first-order valence-electron chi connectivity index (χ1n) is 7.34. The van der Waals surface area contributed by atoms with Crippen molar-refractivity contribution in [2.75, 3.05) is 6.54 Å². The van der Waals surface area contributed by atoms with Crippen molar-refractivity contribution in [1.82, 2.24) is 4.31 Å². The SMILES string of the molecule is O=S(=O)(c1ccc(CO)o1)N1CCCC1C1CCCC1. The molecule has 112 valence electrons. The van der Waals surface area contributed by atoms with Gasteiger partial charge in [0.1, 0.15) is 12.4 Å². The quantitative estimate of drug-likeness (QED) is 0.924. The molecule has 1 N–H and O–H groups in total. The van der Waals surface area contributed by atoms with E-state index in [-0.39, 0.29) is 17.7 Å². The third kappa shape index (κ3) is 2.40. The van der Waals surface area contributed by atoms with Crippen LogP contribution in [0.3, 0.4) is 0 Å². The Bertz CT molecular complexity index is 559. The summed E-state index contributed by atoms with van der Waals surface area (Å²) in [5.41, 5.74) is 0. The predicted molar refractivity (Wildman–Crippen MR) is 73.5 cm³/mol. The van der Waals surface area contributed by atoms with Crippen molar-refractivity contribution in [1.29, 1.82) is 0 Å². The van der Waals surface area contributed by atoms with E-state index in [2.05, 4.69) is 0 Å². The molecule has 2 fully saturated rings. The van der Waals surface area contributed by atoms with Crippen LogP contribution in [0.5, 0.6) is 0 Å². The van der Waals surface area contributed by atoms with Gasteiger partial charge in [-0.1, -0.05) is 12.8 Å². The fraction of sp³-hybridized carbons (Fsp3) is 0.714. The van der Waals surface area contributed by atoms with Crippen molar-refractivity contribution in [2.45, 2.75) is 56.3 Å². The van der Waals surface area contributed by atoms with E-state index >= 15 is 0 Å². The molecule has 1 saturated heterocycles. The second-order valence-corrected chi connectivity index (χ2v) is 7.57. The van der Waals surface area contributed by atoms with Crippen molar-refractivity contribution in [3.63, 3.8) is 0 Å². The largest absolute Gasteiger partial charge is 0.446 e. The van der Waals surface area contributed by atoms with Gasteiger partial charge in [-0.2, -0.15) is 4.31 Å². The lowest BCUT2D eigenvalue weighted by Crippen LogP contribution is -2.39. The zero-order valence-electron chi connectivity index (χ0n) is 11.5. The minimum Gasteiger partial charge on any atom is -0.446 e. The highest BCUT2D eigenvalue weighted by atomic mass is 32.2. The molecule has 1 aromatic rings. The Morgan fingerprint density at radius 1 is 1.20 bits per heavy atom. The van der Waals surface area contributed by atoms with Gasteiger partial charge < -0.3 is 9.52 Å². The number of hydrogen-bond acceptors (Lipinski definition) is 4. The second kappa shape index (κ2) is 5.50. The molecule has 6 heteroatoms. The maximum absolute atomic E-state index is 12.7. The third-order valence-corrected chi connectivity index (χ3v) is 6.35. The summed E-state index contributed by atoms with van der Waals surface area (Å²) in [4.78, 5) is 0. The number of furan rings is 1. The molecule has 0 spiro atoms. The van der Waals surface area contributed by atoms with Gasteiger partial charge in [-0.25, -0.2) is 8.42 Å². The zero-order valence-corrected chi connectivity index (χ0v) is 12.3. The molecule has 2 aliphatic rings. The Hall–Kier alpha value is -0.850. The highest BCUT2D eigenvalue weighted by molar-refractivity contribution is 7.89. The Morgan fingerprint density at radius 3 is 2.60 bits per heavy atom.